The molecule has 1 unspecified atom stereocenters. The van der Waals surface area contributed by atoms with Crippen LogP contribution in [0.15, 0.2) is 83.8 Å². The van der Waals surface area contributed by atoms with Gasteiger partial charge < -0.3 is 10.0 Å². The Morgan fingerprint density at radius 2 is 1.44 bits per heavy atom. The molecule has 1 aliphatic heterocycles. The molecule has 2 aliphatic rings. The average Bonchev–Trinajstić information content (AvgIpc) is 3.00. The lowest BCUT2D eigenvalue weighted by molar-refractivity contribution is -0.140. The third kappa shape index (κ3) is 7.24. The van der Waals surface area contributed by atoms with E-state index in [1.54, 1.807) is 24.3 Å². The first kappa shape index (κ1) is 29.0. The molecule has 216 valence electrons. The fourth-order valence-corrected chi connectivity index (χ4v) is 7.44. The normalized spacial score (nSPS) is 21.4. The Kier molecular flexibility index (Phi) is 9.20. The Morgan fingerprint density at radius 1 is 0.805 bits per heavy atom. The van der Waals surface area contributed by atoms with Crippen molar-refractivity contribution in [3.63, 3.8) is 0 Å². The summed E-state index contributed by atoms with van der Waals surface area (Å²) in [6.07, 6.45) is 6.36. The lowest BCUT2D eigenvalue weighted by Gasteiger charge is -2.39. The van der Waals surface area contributed by atoms with E-state index in [1.165, 1.54) is 5.56 Å². The molecule has 0 bridgehead atoms. The number of carbonyl (C=O) groups excluding carboxylic acids is 1. The molecule has 3 aromatic rings. The highest BCUT2D eigenvalue weighted by molar-refractivity contribution is 7.89. The molecule has 1 heterocycles. The minimum Gasteiger partial charge on any atom is -0.481 e. The molecule has 41 heavy (non-hydrogen) atoms. The van der Waals surface area contributed by atoms with Crippen molar-refractivity contribution in [1.29, 1.82) is 0 Å². The van der Waals surface area contributed by atoms with E-state index in [4.69, 9.17) is 5.11 Å². The minimum atomic E-state index is -3.69. The number of hydrogen-bond acceptors (Lipinski definition) is 4. The summed E-state index contributed by atoms with van der Waals surface area (Å²) in [5.74, 6) is -0.671. The highest BCUT2D eigenvalue weighted by atomic mass is 32.2. The molecule has 8 heteroatoms. The van der Waals surface area contributed by atoms with E-state index in [0.29, 0.717) is 32.1 Å². The van der Waals surface area contributed by atoms with Crippen molar-refractivity contribution in [2.75, 3.05) is 6.54 Å². The number of carboxylic acids is 1. The second-order valence-corrected chi connectivity index (χ2v) is 13.0. The maximum Gasteiger partial charge on any atom is 0.303 e. The number of rotatable bonds is 9. The van der Waals surface area contributed by atoms with E-state index < -0.39 is 16.0 Å². The molecule has 0 radical (unpaired) electrons. The molecule has 7 nitrogen and oxygen atoms in total. The lowest BCUT2D eigenvalue weighted by atomic mass is 9.84. The van der Waals surface area contributed by atoms with Crippen LogP contribution in [-0.4, -0.2) is 42.9 Å². The number of benzene rings is 3. The summed E-state index contributed by atoms with van der Waals surface area (Å²) in [6, 6.07) is 24.7. The standard InChI is InChI=1S/C33H38N2O5S/c36-32(37)22-11-24-9-12-25(13-10-24)26-16-20-30(21-17-26)41(39,40)34-29-18-14-28(15-19-29)33(38)35-23-5-4-8-31(35)27-6-2-1-3-7-27/h1-3,6-7,9-10,12-13,16-17,20-21,28-29,31,34H,4-5,8,11,14-15,18-19,22-23H2,(H,36,37). The smallest absolute Gasteiger partial charge is 0.303 e. The first-order valence-corrected chi connectivity index (χ1v) is 16.1. The number of nitrogens with zero attached hydrogens (tertiary/aromatic N) is 1. The van der Waals surface area contributed by atoms with Gasteiger partial charge in [-0.05, 0) is 85.8 Å². The quantitative estimate of drug-likeness (QED) is 0.328. The Hall–Kier alpha value is -3.49. The molecular formula is C33H38N2O5S. The lowest BCUT2D eigenvalue weighted by Crippen LogP contribution is -2.45. The van der Waals surface area contributed by atoms with Crippen LogP contribution in [0.5, 0.6) is 0 Å². The zero-order valence-electron chi connectivity index (χ0n) is 23.2. The maximum absolute atomic E-state index is 13.5. The molecular weight excluding hydrogens is 536 g/mol. The van der Waals surface area contributed by atoms with Crippen LogP contribution in [0.2, 0.25) is 0 Å². The molecule has 5 rings (SSSR count). The van der Waals surface area contributed by atoms with Gasteiger partial charge in [-0.1, -0.05) is 66.7 Å². The van der Waals surface area contributed by atoms with Gasteiger partial charge in [0.25, 0.3) is 0 Å². The molecule has 1 saturated carbocycles. The van der Waals surface area contributed by atoms with Crippen LogP contribution in [0.25, 0.3) is 11.1 Å². The number of carbonyl (C=O) groups is 2. The largest absolute Gasteiger partial charge is 0.481 e. The van der Waals surface area contributed by atoms with Crippen LogP contribution in [0, 0.1) is 5.92 Å². The summed E-state index contributed by atoms with van der Waals surface area (Å²) >= 11 is 0. The van der Waals surface area contributed by atoms with E-state index in [1.807, 2.05) is 42.5 Å². The van der Waals surface area contributed by atoms with Crippen LogP contribution in [-0.2, 0) is 26.0 Å². The summed E-state index contributed by atoms with van der Waals surface area (Å²) in [5, 5.41) is 8.86. The third-order valence-corrected chi connectivity index (χ3v) is 9.98. The van der Waals surface area contributed by atoms with Gasteiger partial charge in [-0.3, -0.25) is 9.59 Å². The van der Waals surface area contributed by atoms with Gasteiger partial charge in [0.05, 0.1) is 10.9 Å². The van der Waals surface area contributed by atoms with Gasteiger partial charge in [0.15, 0.2) is 0 Å². The second-order valence-electron chi connectivity index (χ2n) is 11.2. The first-order valence-electron chi connectivity index (χ1n) is 14.6. The van der Waals surface area contributed by atoms with Crippen LogP contribution in [0.3, 0.4) is 0 Å². The van der Waals surface area contributed by atoms with Crippen molar-refractivity contribution >= 4 is 21.9 Å². The highest BCUT2D eigenvalue weighted by Gasteiger charge is 2.35. The molecule has 2 N–H and O–H groups in total. The predicted molar refractivity (Wildman–Crippen MR) is 159 cm³/mol. The van der Waals surface area contributed by atoms with E-state index in [2.05, 4.69) is 21.8 Å². The number of likely N-dealkylation sites (tertiary alicyclic amines) is 1. The van der Waals surface area contributed by atoms with E-state index in [0.717, 1.165) is 42.5 Å². The van der Waals surface area contributed by atoms with Crippen molar-refractivity contribution in [3.8, 4) is 11.1 Å². The van der Waals surface area contributed by atoms with Crippen molar-refractivity contribution in [3.05, 3.63) is 90.0 Å². The molecule has 1 amide bonds. The SMILES string of the molecule is O=C(O)CCc1ccc(-c2ccc(S(=O)(=O)NC3CCC(C(=O)N4CCCCC4c4ccccc4)CC3)cc2)cc1. The van der Waals surface area contributed by atoms with Crippen LogP contribution >= 0.6 is 0 Å². The molecule has 3 aromatic carbocycles. The topological polar surface area (TPSA) is 104 Å². The number of sulfonamides is 1. The van der Waals surface area contributed by atoms with Gasteiger partial charge in [-0.25, -0.2) is 13.1 Å². The molecule has 2 fully saturated rings. The predicted octanol–water partition coefficient (Wildman–Crippen LogP) is 5.96. The second kappa shape index (κ2) is 13.0. The van der Waals surface area contributed by atoms with Gasteiger partial charge in [0, 0.05) is 24.9 Å². The molecule has 1 aliphatic carbocycles. The Morgan fingerprint density at radius 3 is 2.07 bits per heavy atom. The van der Waals surface area contributed by atoms with E-state index in [9.17, 15) is 18.0 Å². The van der Waals surface area contributed by atoms with Crippen LogP contribution in [0.4, 0.5) is 0 Å². The third-order valence-electron chi connectivity index (χ3n) is 8.45. The van der Waals surface area contributed by atoms with Crippen molar-refractivity contribution in [2.24, 2.45) is 5.92 Å². The van der Waals surface area contributed by atoms with E-state index >= 15 is 0 Å². The first-order chi connectivity index (χ1) is 19.8. The number of amides is 1. The van der Waals surface area contributed by atoms with E-state index in [-0.39, 0.29) is 35.2 Å². The summed E-state index contributed by atoms with van der Waals surface area (Å²) in [7, 11) is -3.69. The van der Waals surface area contributed by atoms with Crippen molar-refractivity contribution in [1.82, 2.24) is 9.62 Å². The fourth-order valence-electron chi connectivity index (χ4n) is 6.14. The number of nitrogens with one attached hydrogen (secondary N) is 1. The number of aryl methyl sites for hydroxylation is 1. The summed E-state index contributed by atoms with van der Waals surface area (Å²) in [6.45, 7) is 0.788. The van der Waals surface area contributed by atoms with Crippen molar-refractivity contribution in [2.45, 2.75) is 74.8 Å². The fraction of sp³-hybridized carbons (Fsp3) is 0.394. The summed E-state index contributed by atoms with van der Waals surface area (Å²) in [5.41, 5.74) is 3.97. The molecule has 1 atom stereocenters. The number of hydrogen-bond donors (Lipinski definition) is 2. The van der Waals surface area contributed by atoms with Crippen molar-refractivity contribution < 1.29 is 23.1 Å². The number of piperidine rings is 1. The Bertz CT molecular complexity index is 1430. The number of aliphatic carboxylic acids is 1. The molecule has 0 aromatic heterocycles. The zero-order valence-corrected chi connectivity index (χ0v) is 24.1. The van der Waals surface area contributed by atoms with Crippen LogP contribution in [0.1, 0.15) is 68.5 Å². The van der Waals surface area contributed by atoms with Gasteiger partial charge in [0.1, 0.15) is 0 Å². The van der Waals surface area contributed by atoms with Gasteiger partial charge in [-0.2, -0.15) is 0 Å². The Labute approximate surface area is 242 Å². The monoisotopic (exact) mass is 574 g/mol. The molecule has 1 saturated heterocycles. The average molecular weight is 575 g/mol. The minimum absolute atomic E-state index is 0.0603. The Balaban J connectivity index is 1.16. The summed E-state index contributed by atoms with van der Waals surface area (Å²) in [4.78, 5) is 26.6. The van der Waals surface area contributed by atoms with Gasteiger partial charge in [0.2, 0.25) is 15.9 Å². The summed E-state index contributed by atoms with van der Waals surface area (Å²) < 4.78 is 29.2. The number of carboxylic acid groups (broad SMARTS) is 1. The highest BCUT2D eigenvalue weighted by Crippen LogP contribution is 2.35. The molecule has 0 spiro atoms. The van der Waals surface area contributed by atoms with Gasteiger partial charge in [-0.15, -0.1) is 0 Å². The zero-order chi connectivity index (χ0) is 28.8. The van der Waals surface area contributed by atoms with Crippen LogP contribution < -0.4 is 4.72 Å². The van der Waals surface area contributed by atoms with Gasteiger partial charge >= 0.3 is 5.97 Å². The maximum atomic E-state index is 13.5.